The van der Waals surface area contributed by atoms with Crippen LogP contribution in [0.2, 0.25) is 0 Å². The van der Waals surface area contributed by atoms with E-state index < -0.39 is 0 Å². The maximum absolute atomic E-state index is 12.5. The van der Waals surface area contributed by atoms with E-state index in [4.69, 9.17) is 4.42 Å². The fourth-order valence-electron chi connectivity index (χ4n) is 3.31. The Morgan fingerprint density at radius 1 is 1.17 bits per heavy atom. The highest BCUT2D eigenvalue weighted by molar-refractivity contribution is 6.04. The van der Waals surface area contributed by atoms with Crippen LogP contribution in [0.1, 0.15) is 28.1 Å². The third kappa shape index (κ3) is 2.64. The molecule has 1 aliphatic heterocycles. The summed E-state index contributed by atoms with van der Waals surface area (Å²) >= 11 is 0. The number of amides is 1. The van der Waals surface area contributed by atoms with Gasteiger partial charge in [0.25, 0.3) is 5.91 Å². The van der Waals surface area contributed by atoms with Crippen molar-refractivity contribution in [2.24, 2.45) is 0 Å². The molecule has 1 aliphatic rings. The lowest BCUT2D eigenvalue weighted by molar-refractivity contribution is 0.0998. The van der Waals surface area contributed by atoms with E-state index in [-0.39, 0.29) is 5.91 Å². The van der Waals surface area contributed by atoms with Crippen molar-refractivity contribution in [2.75, 3.05) is 23.8 Å². The van der Waals surface area contributed by atoms with Crippen LogP contribution in [0.15, 0.2) is 46.9 Å². The maximum Gasteiger partial charge on any atom is 0.291 e. The Labute approximate surface area is 141 Å². The Morgan fingerprint density at radius 2 is 2.04 bits per heavy atom. The van der Waals surface area contributed by atoms with Crippen molar-refractivity contribution in [2.45, 2.75) is 19.8 Å². The minimum Gasteiger partial charge on any atom is -0.451 e. The van der Waals surface area contributed by atoms with Gasteiger partial charge in [-0.15, -0.1) is 0 Å². The predicted octanol–water partition coefficient (Wildman–Crippen LogP) is 4.38. The first kappa shape index (κ1) is 14.8. The van der Waals surface area contributed by atoms with Gasteiger partial charge in [0.2, 0.25) is 0 Å². The van der Waals surface area contributed by atoms with Crippen LogP contribution in [0.5, 0.6) is 0 Å². The average Bonchev–Trinajstić information content (AvgIpc) is 2.98. The molecule has 0 atom stereocenters. The molecule has 1 aromatic heterocycles. The molecule has 4 rings (SSSR count). The molecule has 0 spiro atoms. The normalized spacial score (nSPS) is 13.8. The van der Waals surface area contributed by atoms with E-state index >= 15 is 0 Å². The van der Waals surface area contributed by atoms with Gasteiger partial charge in [0.15, 0.2) is 5.76 Å². The number of anilines is 2. The molecule has 122 valence electrons. The first-order valence-electron chi connectivity index (χ1n) is 8.26. The van der Waals surface area contributed by atoms with Gasteiger partial charge in [0.05, 0.1) is 0 Å². The van der Waals surface area contributed by atoms with Gasteiger partial charge in [-0.3, -0.25) is 4.79 Å². The number of hydrogen-bond acceptors (Lipinski definition) is 3. The molecule has 2 aromatic carbocycles. The molecule has 0 radical (unpaired) electrons. The summed E-state index contributed by atoms with van der Waals surface area (Å²) in [4.78, 5) is 14.7. The summed E-state index contributed by atoms with van der Waals surface area (Å²) in [5, 5.41) is 3.89. The largest absolute Gasteiger partial charge is 0.451 e. The highest BCUT2D eigenvalue weighted by atomic mass is 16.3. The third-order valence-electron chi connectivity index (χ3n) is 4.59. The number of nitrogens with one attached hydrogen (secondary N) is 1. The highest BCUT2D eigenvalue weighted by Gasteiger charge is 2.16. The maximum atomic E-state index is 12.5. The Morgan fingerprint density at radius 3 is 2.92 bits per heavy atom. The summed E-state index contributed by atoms with van der Waals surface area (Å²) in [6, 6.07) is 13.8. The standard InChI is InChI=1S/C20H20N2O2/c1-13-5-6-15-12-19(24-18(15)10-13)20(23)21-16-7-8-17-14(11-16)4-3-9-22(17)2/h5-8,10-12H,3-4,9H2,1-2H3,(H,21,23). The number of benzene rings is 2. The lowest BCUT2D eigenvalue weighted by atomic mass is 10.0. The van der Waals surface area contributed by atoms with Crippen molar-refractivity contribution in [3.05, 3.63) is 59.4 Å². The zero-order valence-electron chi connectivity index (χ0n) is 13.9. The molecule has 0 saturated carbocycles. The smallest absolute Gasteiger partial charge is 0.291 e. The first-order valence-corrected chi connectivity index (χ1v) is 8.26. The van der Waals surface area contributed by atoms with Crippen LogP contribution in [-0.2, 0) is 6.42 Å². The van der Waals surface area contributed by atoms with Gasteiger partial charge in [-0.05, 0) is 61.2 Å². The van der Waals surface area contributed by atoms with E-state index in [1.807, 2.05) is 31.2 Å². The molecule has 0 aliphatic carbocycles. The van der Waals surface area contributed by atoms with Crippen molar-refractivity contribution in [1.29, 1.82) is 0 Å². The molecule has 24 heavy (non-hydrogen) atoms. The zero-order valence-corrected chi connectivity index (χ0v) is 13.9. The predicted molar refractivity (Wildman–Crippen MR) is 96.9 cm³/mol. The fourth-order valence-corrected chi connectivity index (χ4v) is 3.31. The molecule has 1 amide bonds. The number of rotatable bonds is 2. The summed E-state index contributed by atoms with van der Waals surface area (Å²) in [5.41, 5.74) is 5.20. The summed E-state index contributed by atoms with van der Waals surface area (Å²) in [6.07, 6.45) is 2.19. The van der Waals surface area contributed by atoms with Crippen molar-refractivity contribution in [3.63, 3.8) is 0 Å². The van der Waals surface area contributed by atoms with Gasteiger partial charge in [0.1, 0.15) is 5.58 Å². The first-order chi connectivity index (χ1) is 11.6. The highest BCUT2D eigenvalue weighted by Crippen LogP contribution is 2.29. The number of aryl methyl sites for hydroxylation is 2. The molecule has 0 bridgehead atoms. The molecular weight excluding hydrogens is 300 g/mol. The van der Waals surface area contributed by atoms with Crippen LogP contribution in [-0.4, -0.2) is 19.5 Å². The lowest BCUT2D eigenvalue weighted by Crippen LogP contribution is -2.24. The zero-order chi connectivity index (χ0) is 16.7. The lowest BCUT2D eigenvalue weighted by Gasteiger charge is -2.27. The monoisotopic (exact) mass is 320 g/mol. The molecule has 1 N–H and O–H groups in total. The molecule has 0 fully saturated rings. The minimum absolute atomic E-state index is 0.215. The number of furan rings is 1. The molecule has 4 nitrogen and oxygen atoms in total. The van der Waals surface area contributed by atoms with E-state index in [2.05, 4.69) is 29.4 Å². The fraction of sp³-hybridized carbons (Fsp3) is 0.250. The minimum atomic E-state index is -0.215. The second-order valence-electron chi connectivity index (χ2n) is 6.47. The third-order valence-corrected chi connectivity index (χ3v) is 4.59. The van der Waals surface area contributed by atoms with Crippen molar-refractivity contribution >= 4 is 28.3 Å². The molecule has 0 unspecified atom stereocenters. The van der Waals surface area contributed by atoms with E-state index in [9.17, 15) is 4.79 Å². The van der Waals surface area contributed by atoms with Crippen LogP contribution >= 0.6 is 0 Å². The van der Waals surface area contributed by atoms with E-state index in [1.54, 1.807) is 6.07 Å². The van der Waals surface area contributed by atoms with E-state index in [0.29, 0.717) is 5.76 Å². The molecule has 0 saturated heterocycles. The Balaban J connectivity index is 1.59. The van der Waals surface area contributed by atoms with Gasteiger partial charge in [-0.1, -0.05) is 12.1 Å². The summed E-state index contributed by atoms with van der Waals surface area (Å²) < 4.78 is 5.69. The number of carbonyl (C=O) groups excluding carboxylic acids is 1. The van der Waals surface area contributed by atoms with Crippen LogP contribution < -0.4 is 10.2 Å². The van der Waals surface area contributed by atoms with Gasteiger partial charge in [0, 0.05) is 30.4 Å². The van der Waals surface area contributed by atoms with Gasteiger partial charge >= 0.3 is 0 Å². The van der Waals surface area contributed by atoms with Crippen LogP contribution in [0.25, 0.3) is 11.0 Å². The topological polar surface area (TPSA) is 45.5 Å². The van der Waals surface area contributed by atoms with Crippen LogP contribution in [0.3, 0.4) is 0 Å². The molecule has 4 heteroatoms. The SMILES string of the molecule is Cc1ccc2cc(C(=O)Nc3ccc4c(c3)CCCN4C)oc2c1. The number of carbonyl (C=O) groups is 1. The summed E-state index contributed by atoms with van der Waals surface area (Å²) in [6.45, 7) is 3.09. The Bertz CT molecular complexity index is 927. The Kier molecular flexibility index (Phi) is 3.53. The van der Waals surface area contributed by atoms with Crippen LogP contribution in [0, 0.1) is 6.92 Å². The molecule has 3 aromatic rings. The van der Waals surface area contributed by atoms with Gasteiger partial charge in [-0.25, -0.2) is 0 Å². The van der Waals surface area contributed by atoms with Crippen molar-refractivity contribution < 1.29 is 9.21 Å². The Hall–Kier alpha value is -2.75. The van der Waals surface area contributed by atoms with Gasteiger partial charge in [-0.2, -0.15) is 0 Å². The van der Waals surface area contributed by atoms with Crippen molar-refractivity contribution in [3.8, 4) is 0 Å². The van der Waals surface area contributed by atoms with Crippen LogP contribution in [0.4, 0.5) is 11.4 Å². The quantitative estimate of drug-likeness (QED) is 0.762. The average molecular weight is 320 g/mol. The van der Waals surface area contributed by atoms with E-state index in [1.165, 1.54) is 11.3 Å². The number of fused-ring (bicyclic) bond motifs is 2. The summed E-state index contributed by atoms with van der Waals surface area (Å²) in [7, 11) is 2.10. The molecule has 2 heterocycles. The number of nitrogens with zero attached hydrogens (tertiary/aromatic N) is 1. The van der Waals surface area contributed by atoms with Crippen molar-refractivity contribution in [1.82, 2.24) is 0 Å². The van der Waals surface area contributed by atoms with E-state index in [0.717, 1.165) is 41.6 Å². The van der Waals surface area contributed by atoms with Gasteiger partial charge < -0.3 is 14.6 Å². The summed E-state index contributed by atoms with van der Waals surface area (Å²) in [5.74, 6) is 0.124. The molecular formula is C20H20N2O2. The second kappa shape index (κ2) is 5.71. The number of hydrogen-bond donors (Lipinski definition) is 1. The second-order valence-corrected chi connectivity index (χ2v) is 6.47.